The lowest BCUT2D eigenvalue weighted by Crippen LogP contribution is -2.17. The fourth-order valence-electron chi connectivity index (χ4n) is 3.50. The number of hydrogen-bond donors (Lipinski definition) is 2. The molecule has 7 heteroatoms. The third-order valence-electron chi connectivity index (χ3n) is 4.87. The number of carbonyl (C=O) groups excluding carboxylic acids is 1. The van der Waals surface area contributed by atoms with Gasteiger partial charge in [0.2, 0.25) is 5.78 Å². The van der Waals surface area contributed by atoms with Crippen LogP contribution in [0.25, 0.3) is 17.0 Å². The summed E-state index contributed by atoms with van der Waals surface area (Å²) in [5.41, 5.74) is 2.09. The Hall–Kier alpha value is -3.76. The predicted octanol–water partition coefficient (Wildman–Crippen LogP) is 3.10. The van der Waals surface area contributed by atoms with Crippen LogP contribution in [0.15, 0.2) is 42.3 Å². The van der Waals surface area contributed by atoms with Crippen molar-refractivity contribution < 1.29 is 19.7 Å². The van der Waals surface area contributed by atoms with Crippen LogP contribution < -0.4 is 4.74 Å². The molecule has 3 aromatic rings. The number of aromatic nitrogens is 1. The van der Waals surface area contributed by atoms with Gasteiger partial charge in [0, 0.05) is 47.9 Å². The average molecular weight is 389 g/mol. The lowest BCUT2D eigenvalue weighted by Gasteiger charge is -2.11. The van der Waals surface area contributed by atoms with Crippen molar-refractivity contribution >= 4 is 22.8 Å². The average Bonchev–Trinajstić information content (AvgIpc) is 3.18. The van der Waals surface area contributed by atoms with Crippen molar-refractivity contribution in [2.24, 2.45) is 0 Å². The van der Waals surface area contributed by atoms with E-state index in [0.717, 1.165) is 23.5 Å². The van der Waals surface area contributed by atoms with E-state index >= 15 is 0 Å². The molecule has 0 fully saturated rings. The molecule has 4 rings (SSSR count). The number of Topliss-reactive ketones (excluding diaryl/α,β-unsaturated/α-hetero) is 1. The molecule has 0 amide bonds. The summed E-state index contributed by atoms with van der Waals surface area (Å²) in [7, 11) is 3.97. The molecule has 7 nitrogen and oxygen atoms in total. The number of phenolic OH excluding ortho intramolecular Hbond substituents is 2. The van der Waals surface area contributed by atoms with Gasteiger partial charge >= 0.3 is 0 Å². The summed E-state index contributed by atoms with van der Waals surface area (Å²) in [6, 6.07) is 10.1. The zero-order valence-corrected chi connectivity index (χ0v) is 16.0. The Bertz CT molecular complexity index is 1220. The van der Waals surface area contributed by atoms with Gasteiger partial charge in [-0.05, 0) is 32.3 Å². The van der Waals surface area contributed by atoms with Gasteiger partial charge in [-0.3, -0.25) is 4.79 Å². The SMILES string of the molecule is CN(C)CCn1cc(C=C2Oc3cc(O)cc(O)c3C2=O)c2c(C#N)cccc21. The van der Waals surface area contributed by atoms with E-state index in [0.29, 0.717) is 17.7 Å². The Labute approximate surface area is 167 Å². The van der Waals surface area contributed by atoms with E-state index in [1.807, 2.05) is 37.0 Å². The van der Waals surface area contributed by atoms with E-state index in [9.17, 15) is 20.3 Å². The summed E-state index contributed by atoms with van der Waals surface area (Å²) in [6.07, 6.45) is 3.47. The molecule has 0 spiro atoms. The van der Waals surface area contributed by atoms with Gasteiger partial charge in [-0.15, -0.1) is 0 Å². The summed E-state index contributed by atoms with van der Waals surface area (Å²) in [5.74, 6) is -0.862. The van der Waals surface area contributed by atoms with Gasteiger partial charge in [0.15, 0.2) is 5.76 Å². The normalized spacial score (nSPS) is 14.4. The van der Waals surface area contributed by atoms with Crippen molar-refractivity contribution in [1.29, 1.82) is 5.26 Å². The summed E-state index contributed by atoms with van der Waals surface area (Å²) in [5, 5.41) is 29.9. The largest absolute Gasteiger partial charge is 0.508 e. The number of carbonyl (C=O) groups is 1. The Balaban J connectivity index is 1.83. The number of nitriles is 1. The molecular formula is C22H19N3O4. The lowest BCUT2D eigenvalue weighted by atomic mass is 10.0. The molecule has 0 saturated heterocycles. The van der Waals surface area contributed by atoms with Gasteiger partial charge in [0.1, 0.15) is 22.8 Å². The van der Waals surface area contributed by atoms with Gasteiger partial charge in [-0.2, -0.15) is 5.26 Å². The number of phenols is 2. The lowest BCUT2D eigenvalue weighted by molar-refractivity contribution is 0.101. The smallest absolute Gasteiger partial charge is 0.235 e. The fraction of sp³-hybridized carbons (Fsp3) is 0.182. The molecular weight excluding hydrogens is 370 g/mol. The first-order chi connectivity index (χ1) is 13.9. The number of allylic oxidation sites excluding steroid dienone is 1. The molecule has 0 radical (unpaired) electrons. The number of fused-ring (bicyclic) bond motifs is 2. The molecule has 2 N–H and O–H groups in total. The van der Waals surface area contributed by atoms with Crippen LogP contribution in [-0.4, -0.2) is 46.1 Å². The fourth-order valence-corrected chi connectivity index (χ4v) is 3.50. The first-order valence-corrected chi connectivity index (χ1v) is 9.06. The summed E-state index contributed by atoms with van der Waals surface area (Å²) in [4.78, 5) is 14.8. The molecule has 0 unspecified atom stereocenters. The van der Waals surface area contributed by atoms with E-state index < -0.39 is 5.78 Å². The molecule has 29 heavy (non-hydrogen) atoms. The van der Waals surface area contributed by atoms with E-state index in [1.54, 1.807) is 12.1 Å². The Morgan fingerprint density at radius 2 is 2.07 bits per heavy atom. The second kappa shape index (κ2) is 7.00. The van der Waals surface area contributed by atoms with Gasteiger partial charge in [0.05, 0.1) is 11.6 Å². The van der Waals surface area contributed by atoms with Crippen LogP contribution in [0.1, 0.15) is 21.5 Å². The Morgan fingerprint density at radius 1 is 1.28 bits per heavy atom. The number of hydrogen-bond acceptors (Lipinski definition) is 6. The molecule has 0 saturated carbocycles. The number of benzene rings is 2. The molecule has 146 valence electrons. The second-order valence-corrected chi connectivity index (χ2v) is 7.17. The van der Waals surface area contributed by atoms with Crippen molar-refractivity contribution in [3.63, 3.8) is 0 Å². The van der Waals surface area contributed by atoms with Crippen LogP contribution in [-0.2, 0) is 6.54 Å². The van der Waals surface area contributed by atoms with Gasteiger partial charge in [-0.25, -0.2) is 0 Å². The summed E-state index contributed by atoms with van der Waals surface area (Å²) < 4.78 is 7.65. The monoisotopic (exact) mass is 389 g/mol. The molecule has 0 aliphatic carbocycles. The minimum Gasteiger partial charge on any atom is -0.508 e. The highest BCUT2D eigenvalue weighted by Crippen LogP contribution is 2.41. The number of rotatable bonds is 4. The quantitative estimate of drug-likeness (QED) is 0.666. The van der Waals surface area contributed by atoms with E-state index in [2.05, 4.69) is 11.0 Å². The van der Waals surface area contributed by atoms with Crippen molar-refractivity contribution in [1.82, 2.24) is 9.47 Å². The van der Waals surface area contributed by atoms with E-state index in [4.69, 9.17) is 4.74 Å². The van der Waals surface area contributed by atoms with Crippen LogP contribution in [0.2, 0.25) is 0 Å². The Morgan fingerprint density at radius 3 is 2.79 bits per heavy atom. The Kier molecular flexibility index (Phi) is 4.49. The maximum atomic E-state index is 12.7. The highest BCUT2D eigenvalue weighted by atomic mass is 16.5. The predicted molar refractivity (Wildman–Crippen MR) is 108 cm³/mol. The van der Waals surface area contributed by atoms with Gasteiger partial charge in [0.25, 0.3) is 0 Å². The van der Waals surface area contributed by atoms with Crippen molar-refractivity contribution in [3.05, 3.63) is 59.0 Å². The molecule has 0 atom stereocenters. The number of aromatic hydroxyl groups is 2. The number of ketones is 1. The molecule has 1 aliphatic rings. The van der Waals surface area contributed by atoms with Crippen LogP contribution >= 0.6 is 0 Å². The highest BCUT2D eigenvalue weighted by Gasteiger charge is 2.31. The van der Waals surface area contributed by atoms with Gasteiger partial charge < -0.3 is 24.4 Å². The maximum absolute atomic E-state index is 12.7. The number of nitrogens with zero attached hydrogens (tertiary/aromatic N) is 3. The standard InChI is InChI=1S/C22H19N3O4/c1-24(2)6-7-25-12-14(20-13(11-23)4-3-5-16(20)25)8-19-22(28)21-17(27)9-15(26)10-18(21)29-19/h3-5,8-10,12,26-27H,6-7H2,1-2H3. The zero-order valence-electron chi connectivity index (χ0n) is 16.0. The van der Waals surface area contributed by atoms with Crippen LogP contribution in [0, 0.1) is 11.3 Å². The zero-order chi connectivity index (χ0) is 20.7. The molecule has 0 bridgehead atoms. The van der Waals surface area contributed by atoms with Crippen molar-refractivity contribution in [2.75, 3.05) is 20.6 Å². The van der Waals surface area contributed by atoms with E-state index in [1.165, 1.54) is 6.07 Å². The minimum atomic E-state index is -0.471. The topological polar surface area (TPSA) is 98.7 Å². The minimum absolute atomic E-state index is 0.0194. The summed E-state index contributed by atoms with van der Waals surface area (Å²) in [6.45, 7) is 1.52. The number of likely N-dealkylation sites (N-methyl/N-ethyl adjacent to an activating group) is 1. The third kappa shape index (κ3) is 3.20. The molecule has 2 aromatic carbocycles. The molecule has 1 aliphatic heterocycles. The molecule has 1 aromatic heterocycles. The van der Waals surface area contributed by atoms with Crippen LogP contribution in [0.4, 0.5) is 0 Å². The van der Waals surface area contributed by atoms with Gasteiger partial charge in [-0.1, -0.05) is 6.07 Å². The van der Waals surface area contributed by atoms with Crippen molar-refractivity contribution in [3.8, 4) is 23.3 Å². The molecule has 2 heterocycles. The summed E-state index contributed by atoms with van der Waals surface area (Å²) >= 11 is 0. The van der Waals surface area contributed by atoms with Crippen molar-refractivity contribution in [2.45, 2.75) is 6.54 Å². The maximum Gasteiger partial charge on any atom is 0.235 e. The van der Waals surface area contributed by atoms with Crippen LogP contribution in [0.5, 0.6) is 17.2 Å². The van der Waals surface area contributed by atoms with E-state index in [-0.39, 0.29) is 28.6 Å². The van der Waals surface area contributed by atoms with Crippen LogP contribution in [0.3, 0.4) is 0 Å². The first-order valence-electron chi connectivity index (χ1n) is 9.06. The highest BCUT2D eigenvalue weighted by molar-refractivity contribution is 6.17. The second-order valence-electron chi connectivity index (χ2n) is 7.17. The third-order valence-corrected chi connectivity index (χ3v) is 4.87. The number of ether oxygens (including phenoxy) is 1. The first kappa shape index (κ1) is 18.6.